The molecule has 0 saturated carbocycles. The van der Waals surface area contributed by atoms with Gasteiger partial charge in [-0.15, -0.1) is 0 Å². The number of hydrogen-bond acceptors (Lipinski definition) is 3. The van der Waals surface area contributed by atoms with Gasteiger partial charge in [-0.3, -0.25) is 9.59 Å². The smallest absolute Gasteiger partial charge is 0.329 e. The molecule has 4 rings (SSSR count). The number of aromatic amines is 1. The monoisotopic (exact) mass is 417 g/mol. The van der Waals surface area contributed by atoms with Crippen LogP contribution in [0.4, 0.5) is 0 Å². The molecule has 2 aromatic carbocycles. The number of nitrogens with one attached hydrogen (secondary N) is 2. The van der Waals surface area contributed by atoms with Crippen LogP contribution in [0.15, 0.2) is 75.8 Å². The lowest BCUT2D eigenvalue weighted by atomic mass is 9.97. The van der Waals surface area contributed by atoms with Gasteiger partial charge in [0.1, 0.15) is 6.04 Å². The highest BCUT2D eigenvalue weighted by molar-refractivity contribution is 5.82. The van der Waals surface area contributed by atoms with E-state index in [-0.39, 0.29) is 12.3 Å². The normalized spacial score (nSPS) is 14.8. The molecule has 0 saturated heterocycles. The Morgan fingerprint density at radius 2 is 1.81 bits per heavy atom. The van der Waals surface area contributed by atoms with E-state index < -0.39 is 17.3 Å². The molecule has 0 radical (unpaired) electrons. The first-order valence-electron chi connectivity index (χ1n) is 10.9. The molecule has 1 aromatic heterocycles. The number of aromatic nitrogens is 2. The topological polar surface area (TPSA) is 84.0 Å². The van der Waals surface area contributed by atoms with Gasteiger partial charge >= 0.3 is 5.69 Å². The summed E-state index contributed by atoms with van der Waals surface area (Å²) >= 11 is 0. The van der Waals surface area contributed by atoms with Crippen molar-refractivity contribution >= 4 is 16.8 Å². The maximum absolute atomic E-state index is 13.2. The molecule has 1 aliphatic carbocycles. The van der Waals surface area contributed by atoms with Crippen LogP contribution >= 0.6 is 0 Å². The Kier molecular flexibility index (Phi) is 6.46. The number of carbonyl (C=O) groups excluding carboxylic acids is 1. The zero-order valence-electron chi connectivity index (χ0n) is 17.5. The van der Waals surface area contributed by atoms with Gasteiger partial charge in [0.15, 0.2) is 0 Å². The summed E-state index contributed by atoms with van der Waals surface area (Å²) < 4.78 is 1.06. The van der Waals surface area contributed by atoms with E-state index in [9.17, 15) is 14.4 Å². The highest BCUT2D eigenvalue weighted by Crippen LogP contribution is 2.20. The quantitative estimate of drug-likeness (QED) is 0.577. The Balaban J connectivity index is 1.64. The molecule has 2 N–H and O–H groups in total. The van der Waals surface area contributed by atoms with Crippen molar-refractivity contribution in [3.05, 3.63) is 92.6 Å². The summed E-state index contributed by atoms with van der Waals surface area (Å²) in [5.74, 6) is -0.317. The number of H-pyrrole nitrogens is 1. The second-order valence-corrected chi connectivity index (χ2v) is 8.01. The number of rotatable bonds is 7. The van der Waals surface area contributed by atoms with E-state index in [0.717, 1.165) is 29.4 Å². The van der Waals surface area contributed by atoms with Gasteiger partial charge in [0.2, 0.25) is 5.91 Å². The van der Waals surface area contributed by atoms with Crippen LogP contribution in [-0.2, 0) is 11.2 Å². The van der Waals surface area contributed by atoms with Crippen molar-refractivity contribution < 1.29 is 4.79 Å². The van der Waals surface area contributed by atoms with E-state index in [1.54, 1.807) is 24.3 Å². The Bertz CT molecular complexity index is 1210. The van der Waals surface area contributed by atoms with Gasteiger partial charge in [0, 0.05) is 13.0 Å². The minimum atomic E-state index is -0.927. The zero-order valence-corrected chi connectivity index (χ0v) is 17.5. The fourth-order valence-corrected chi connectivity index (χ4v) is 4.19. The number of fused-ring (bicyclic) bond motifs is 1. The lowest BCUT2D eigenvalue weighted by molar-refractivity contribution is -0.124. The van der Waals surface area contributed by atoms with E-state index >= 15 is 0 Å². The molecule has 1 aliphatic rings. The molecular weight excluding hydrogens is 390 g/mol. The van der Waals surface area contributed by atoms with Gasteiger partial charge < -0.3 is 10.3 Å². The number of nitrogens with zero attached hydrogens (tertiary/aromatic N) is 1. The summed E-state index contributed by atoms with van der Waals surface area (Å²) in [4.78, 5) is 41.9. The fourth-order valence-electron chi connectivity index (χ4n) is 4.19. The third kappa shape index (κ3) is 4.85. The molecular formula is C25H27N3O3. The molecule has 1 amide bonds. The molecule has 1 atom stereocenters. The van der Waals surface area contributed by atoms with Crippen molar-refractivity contribution in [2.45, 2.75) is 44.6 Å². The average molecular weight is 418 g/mol. The number of para-hydroxylation sites is 1. The molecule has 1 heterocycles. The number of amides is 1. The standard InChI is InChI=1S/C25H27N3O3/c29-23(26-16-15-18-9-3-1-4-10-18)22(17-19-11-5-2-6-12-19)28-24(30)20-13-7-8-14-21(20)27-25(28)31/h2,5-9,11-14,22H,1,3-4,10,15-17H2,(H,26,29)(H,27,31). The Hall–Kier alpha value is -3.41. The maximum Gasteiger partial charge on any atom is 0.329 e. The van der Waals surface area contributed by atoms with Crippen LogP contribution in [0, 0.1) is 0 Å². The van der Waals surface area contributed by atoms with Crippen molar-refractivity contribution in [2.24, 2.45) is 0 Å². The summed E-state index contributed by atoms with van der Waals surface area (Å²) in [6, 6.07) is 15.4. The second kappa shape index (κ2) is 9.60. The SMILES string of the molecule is O=C(NCCC1=CCCCC1)C(Cc1ccccc1)n1c(=O)[nH]c2ccccc2c1=O. The summed E-state index contributed by atoms with van der Waals surface area (Å²) in [5.41, 5.74) is 1.70. The van der Waals surface area contributed by atoms with Crippen LogP contribution in [0.1, 0.15) is 43.7 Å². The number of carbonyl (C=O) groups is 1. The molecule has 160 valence electrons. The van der Waals surface area contributed by atoms with Gasteiger partial charge in [-0.1, -0.05) is 54.1 Å². The molecule has 31 heavy (non-hydrogen) atoms. The first-order chi connectivity index (χ1) is 15.1. The average Bonchev–Trinajstić information content (AvgIpc) is 2.80. The van der Waals surface area contributed by atoms with Crippen molar-refractivity contribution in [2.75, 3.05) is 6.54 Å². The predicted molar refractivity (Wildman–Crippen MR) is 122 cm³/mol. The summed E-state index contributed by atoms with van der Waals surface area (Å²) in [5, 5.41) is 3.35. The summed E-state index contributed by atoms with van der Waals surface area (Å²) in [6.45, 7) is 0.496. The van der Waals surface area contributed by atoms with E-state index in [4.69, 9.17) is 0 Å². The maximum atomic E-state index is 13.2. The summed E-state index contributed by atoms with van der Waals surface area (Å²) in [6.07, 6.45) is 7.91. The lowest BCUT2D eigenvalue weighted by Crippen LogP contribution is -2.45. The third-order valence-corrected chi connectivity index (χ3v) is 5.85. The highest BCUT2D eigenvalue weighted by atomic mass is 16.2. The minimum Gasteiger partial charge on any atom is -0.354 e. The summed E-state index contributed by atoms with van der Waals surface area (Å²) in [7, 11) is 0. The fraction of sp³-hybridized carbons (Fsp3) is 0.320. The van der Waals surface area contributed by atoms with E-state index in [1.165, 1.54) is 18.4 Å². The minimum absolute atomic E-state index is 0.261. The van der Waals surface area contributed by atoms with Crippen LogP contribution in [-0.4, -0.2) is 22.0 Å². The molecule has 0 bridgehead atoms. The van der Waals surface area contributed by atoms with Crippen LogP contribution in [0.2, 0.25) is 0 Å². The van der Waals surface area contributed by atoms with E-state index in [2.05, 4.69) is 16.4 Å². The first kappa shape index (κ1) is 20.8. The van der Waals surface area contributed by atoms with E-state index in [1.807, 2.05) is 30.3 Å². The number of benzene rings is 2. The molecule has 3 aromatic rings. The Morgan fingerprint density at radius 1 is 1.03 bits per heavy atom. The highest BCUT2D eigenvalue weighted by Gasteiger charge is 2.25. The van der Waals surface area contributed by atoms with Gasteiger partial charge in [0.25, 0.3) is 5.56 Å². The molecule has 0 aliphatic heterocycles. The van der Waals surface area contributed by atoms with E-state index in [0.29, 0.717) is 17.4 Å². The molecule has 6 heteroatoms. The number of hydrogen-bond donors (Lipinski definition) is 2. The number of allylic oxidation sites excluding steroid dienone is 1. The molecule has 0 fully saturated rings. The molecule has 1 unspecified atom stereocenters. The molecule has 6 nitrogen and oxygen atoms in total. The van der Waals surface area contributed by atoms with Crippen molar-refractivity contribution in [3.63, 3.8) is 0 Å². The van der Waals surface area contributed by atoms with Crippen LogP contribution in [0.3, 0.4) is 0 Å². The van der Waals surface area contributed by atoms with Crippen molar-refractivity contribution in [3.8, 4) is 0 Å². The van der Waals surface area contributed by atoms with Gasteiger partial charge in [0.05, 0.1) is 10.9 Å². The molecule has 0 spiro atoms. The Morgan fingerprint density at radius 3 is 2.58 bits per heavy atom. The second-order valence-electron chi connectivity index (χ2n) is 8.01. The lowest BCUT2D eigenvalue weighted by Gasteiger charge is -2.20. The predicted octanol–water partition coefficient (Wildman–Crippen LogP) is 3.48. The van der Waals surface area contributed by atoms with Crippen molar-refractivity contribution in [1.29, 1.82) is 0 Å². The van der Waals surface area contributed by atoms with Crippen LogP contribution in [0.5, 0.6) is 0 Å². The first-order valence-corrected chi connectivity index (χ1v) is 10.9. The largest absolute Gasteiger partial charge is 0.354 e. The third-order valence-electron chi connectivity index (χ3n) is 5.85. The van der Waals surface area contributed by atoms with Gasteiger partial charge in [-0.2, -0.15) is 0 Å². The van der Waals surface area contributed by atoms with Gasteiger partial charge in [-0.05, 0) is 49.8 Å². The van der Waals surface area contributed by atoms with Crippen LogP contribution in [0.25, 0.3) is 10.9 Å². The van der Waals surface area contributed by atoms with Crippen LogP contribution < -0.4 is 16.6 Å². The van der Waals surface area contributed by atoms with Crippen molar-refractivity contribution in [1.82, 2.24) is 14.9 Å². The van der Waals surface area contributed by atoms with Gasteiger partial charge in [-0.25, -0.2) is 9.36 Å². The Labute approximate surface area is 180 Å². The zero-order chi connectivity index (χ0) is 21.6.